The van der Waals surface area contributed by atoms with Crippen LogP contribution in [0.5, 0.6) is 0 Å². The molecule has 0 spiro atoms. The third kappa shape index (κ3) is 5.55. The largest absolute Gasteiger partial charge is 0.341 e. The Labute approximate surface area is 211 Å². The predicted molar refractivity (Wildman–Crippen MR) is 140 cm³/mol. The van der Waals surface area contributed by atoms with Crippen molar-refractivity contribution in [1.29, 1.82) is 0 Å². The Kier molecular flexibility index (Phi) is 7.24. The number of carbonyl (C=O) groups is 1. The standard InChI is InChI=1S/C26H30N6O3S/c33-25(23-9-11-31(12-10-23)26-28-19-27-20-29-26)30-13-15-32(16-14-30)36(34,35)17-3-4-21-7-8-22-5-1-2-6-24(22)18-21/h1-8,18-20,23H,9-17H2. The van der Waals surface area contributed by atoms with Crippen LogP contribution in [0, 0.1) is 5.92 Å². The minimum Gasteiger partial charge on any atom is -0.341 e. The van der Waals surface area contributed by atoms with Gasteiger partial charge in [0.25, 0.3) is 0 Å². The first kappa shape index (κ1) is 24.3. The number of hydrogen-bond donors (Lipinski definition) is 0. The van der Waals surface area contributed by atoms with Gasteiger partial charge in [-0.25, -0.2) is 23.4 Å². The van der Waals surface area contributed by atoms with Gasteiger partial charge in [0.1, 0.15) is 12.7 Å². The number of benzene rings is 2. The Bertz CT molecular complexity index is 1330. The number of aromatic nitrogens is 3. The fourth-order valence-corrected chi connectivity index (χ4v) is 6.16. The molecule has 0 aliphatic carbocycles. The van der Waals surface area contributed by atoms with E-state index in [2.05, 4.69) is 32.0 Å². The highest BCUT2D eigenvalue weighted by Crippen LogP contribution is 2.23. The predicted octanol–water partition coefficient (Wildman–Crippen LogP) is 2.43. The molecular weight excluding hydrogens is 476 g/mol. The zero-order chi connectivity index (χ0) is 25.0. The van der Waals surface area contributed by atoms with E-state index < -0.39 is 10.0 Å². The molecule has 1 amide bonds. The molecule has 2 aromatic carbocycles. The van der Waals surface area contributed by atoms with Crippen molar-refractivity contribution in [2.24, 2.45) is 5.92 Å². The van der Waals surface area contributed by atoms with E-state index >= 15 is 0 Å². The fraction of sp³-hybridized carbons (Fsp3) is 0.385. The van der Waals surface area contributed by atoms with Gasteiger partial charge in [-0.05, 0) is 35.2 Å². The molecule has 188 valence electrons. The van der Waals surface area contributed by atoms with E-state index in [9.17, 15) is 13.2 Å². The van der Waals surface area contributed by atoms with Crippen molar-refractivity contribution < 1.29 is 13.2 Å². The first-order chi connectivity index (χ1) is 17.5. The lowest BCUT2D eigenvalue weighted by Gasteiger charge is -2.38. The van der Waals surface area contributed by atoms with Gasteiger partial charge in [0, 0.05) is 45.2 Å². The summed E-state index contributed by atoms with van der Waals surface area (Å²) in [5.41, 5.74) is 0.973. The van der Waals surface area contributed by atoms with Crippen LogP contribution in [-0.2, 0) is 14.8 Å². The first-order valence-electron chi connectivity index (χ1n) is 12.3. The van der Waals surface area contributed by atoms with Gasteiger partial charge in [-0.15, -0.1) is 0 Å². The second-order valence-corrected chi connectivity index (χ2v) is 11.2. The fourth-order valence-electron chi connectivity index (χ4n) is 4.89. The molecule has 0 atom stereocenters. The Balaban J connectivity index is 1.10. The Morgan fingerprint density at radius 1 is 0.917 bits per heavy atom. The van der Waals surface area contributed by atoms with Crippen LogP contribution < -0.4 is 4.90 Å². The van der Waals surface area contributed by atoms with Gasteiger partial charge in [0.2, 0.25) is 21.9 Å². The monoisotopic (exact) mass is 506 g/mol. The molecular formula is C26H30N6O3S. The van der Waals surface area contributed by atoms with Crippen molar-refractivity contribution >= 4 is 38.7 Å². The average molecular weight is 507 g/mol. The highest BCUT2D eigenvalue weighted by atomic mass is 32.2. The molecule has 10 heteroatoms. The topological polar surface area (TPSA) is 99.6 Å². The molecule has 36 heavy (non-hydrogen) atoms. The van der Waals surface area contributed by atoms with E-state index in [1.807, 2.05) is 41.3 Å². The summed E-state index contributed by atoms with van der Waals surface area (Å²) in [6, 6.07) is 14.2. The summed E-state index contributed by atoms with van der Waals surface area (Å²) in [5, 5.41) is 2.28. The maximum atomic E-state index is 13.1. The Hall–Kier alpha value is -3.37. The van der Waals surface area contributed by atoms with Crippen LogP contribution in [-0.4, -0.2) is 83.5 Å². The van der Waals surface area contributed by atoms with Crippen LogP contribution in [0.25, 0.3) is 16.8 Å². The number of piperazine rings is 1. The first-order valence-corrected chi connectivity index (χ1v) is 13.9. The summed E-state index contributed by atoms with van der Waals surface area (Å²) >= 11 is 0. The second kappa shape index (κ2) is 10.7. The molecule has 3 aromatic rings. The highest BCUT2D eigenvalue weighted by Gasteiger charge is 2.33. The van der Waals surface area contributed by atoms with Gasteiger partial charge in [0.15, 0.2) is 0 Å². The maximum absolute atomic E-state index is 13.1. The lowest BCUT2D eigenvalue weighted by atomic mass is 9.95. The summed E-state index contributed by atoms with van der Waals surface area (Å²) in [6.07, 6.45) is 7.99. The van der Waals surface area contributed by atoms with Crippen molar-refractivity contribution in [1.82, 2.24) is 24.2 Å². The molecule has 0 unspecified atom stereocenters. The second-order valence-electron chi connectivity index (χ2n) is 9.21. The summed E-state index contributed by atoms with van der Waals surface area (Å²) in [5.74, 6) is 0.669. The maximum Gasteiger partial charge on any atom is 0.228 e. The molecule has 1 aromatic heterocycles. The van der Waals surface area contributed by atoms with Gasteiger partial charge in [-0.2, -0.15) is 4.31 Å². The van der Waals surface area contributed by atoms with Crippen molar-refractivity contribution in [2.75, 3.05) is 49.9 Å². The van der Waals surface area contributed by atoms with Crippen LogP contribution in [0.4, 0.5) is 5.95 Å². The summed E-state index contributed by atoms with van der Waals surface area (Å²) < 4.78 is 27.3. The van der Waals surface area contributed by atoms with E-state index in [1.54, 1.807) is 6.08 Å². The molecule has 2 fully saturated rings. The average Bonchev–Trinajstić information content (AvgIpc) is 2.93. The van der Waals surface area contributed by atoms with Crippen LogP contribution >= 0.6 is 0 Å². The minimum atomic E-state index is -3.42. The molecule has 0 bridgehead atoms. The lowest BCUT2D eigenvalue weighted by molar-refractivity contribution is -0.137. The number of rotatable bonds is 6. The number of nitrogens with zero attached hydrogens (tertiary/aromatic N) is 6. The normalized spacial score (nSPS) is 18.2. The van der Waals surface area contributed by atoms with Crippen molar-refractivity contribution in [3.05, 3.63) is 66.8 Å². The van der Waals surface area contributed by atoms with Gasteiger partial charge in [-0.1, -0.05) is 48.6 Å². The van der Waals surface area contributed by atoms with Gasteiger partial charge in [-0.3, -0.25) is 4.79 Å². The van der Waals surface area contributed by atoms with Crippen molar-refractivity contribution in [3.63, 3.8) is 0 Å². The molecule has 9 nitrogen and oxygen atoms in total. The van der Waals surface area contributed by atoms with Crippen LogP contribution in [0.2, 0.25) is 0 Å². The number of piperidine rings is 1. The number of hydrogen-bond acceptors (Lipinski definition) is 7. The molecule has 0 saturated carbocycles. The number of fused-ring (bicyclic) bond motifs is 1. The van der Waals surface area contributed by atoms with E-state index in [0.29, 0.717) is 32.1 Å². The van der Waals surface area contributed by atoms with Crippen molar-refractivity contribution in [2.45, 2.75) is 12.8 Å². The third-order valence-corrected chi connectivity index (χ3v) is 8.71. The molecule has 5 rings (SSSR count). The van der Waals surface area contributed by atoms with E-state index in [-0.39, 0.29) is 17.6 Å². The van der Waals surface area contributed by atoms with Gasteiger partial charge in [0.05, 0.1) is 5.75 Å². The number of sulfonamides is 1. The van der Waals surface area contributed by atoms with Crippen molar-refractivity contribution in [3.8, 4) is 0 Å². The number of carbonyl (C=O) groups excluding carboxylic acids is 1. The zero-order valence-corrected chi connectivity index (χ0v) is 20.9. The Morgan fingerprint density at radius 3 is 2.33 bits per heavy atom. The van der Waals surface area contributed by atoms with Crippen LogP contribution in [0.15, 0.2) is 61.2 Å². The molecule has 2 saturated heterocycles. The molecule has 0 N–H and O–H groups in total. The van der Waals surface area contributed by atoms with Crippen LogP contribution in [0.3, 0.4) is 0 Å². The third-order valence-electron chi connectivity index (χ3n) is 6.94. The molecule has 3 heterocycles. The van der Waals surface area contributed by atoms with E-state index in [1.165, 1.54) is 17.0 Å². The summed E-state index contributed by atoms with van der Waals surface area (Å²) in [6.45, 7) is 2.97. The van der Waals surface area contributed by atoms with Crippen LogP contribution in [0.1, 0.15) is 18.4 Å². The SMILES string of the molecule is O=C(C1CCN(c2ncncn2)CC1)N1CCN(S(=O)(=O)CC=Cc2ccc3ccccc3c2)CC1. The Morgan fingerprint density at radius 2 is 1.61 bits per heavy atom. The van der Waals surface area contributed by atoms with Gasteiger partial charge < -0.3 is 9.80 Å². The number of anilines is 1. The minimum absolute atomic E-state index is 0.0452. The smallest absolute Gasteiger partial charge is 0.228 e. The zero-order valence-electron chi connectivity index (χ0n) is 20.1. The van der Waals surface area contributed by atoms with E-state index in [4.69, 9.17) is 0 Å². The summed E-state index contributed by atoms with van der Waals surface area (Å²) in [4.78, 5) is 29.2. The molecule has 2 aliphatic heterocycles. The lowest BCUT2D eigenvalue weighted by Crippen LogP contribution is -2.53. The van der Waals surface area contributed by atoms with Gasteiger partial charge >= 0.3 is 0 Å². The summed E-state index contributed by atoms with van der Waals surface area (Å²) in [7, 11) is -3.42. The highest BCUT2D eigenvalue weighted by molar-refractivity contribution is 7.89. The molecule has 2 aliphatic rings. The number of amides is 1. The molecule has 0 radical (unpaired) electrons. The van der Waals surface area contributed by atoms with E-state index in [0.717, 1.165) is 42.3 Å². The quantitative estimate of drug-likeness (QED) is 0.506.